The fourth-order valence-electron chi connectivity index (χ4n) is 3.66. The van der Waals surface area contributed by atoms with Gasteiger partial charge in [-0.25, -0.2) is 22.9 Å². The van der Waals surface area contributed by atoms with E-state index < -0.39 is 15.8 Å². The molecule has 9 nitrogen and oxygen atoms in total. The van der Waals surface area contributed by atoms with E-state index in [9.17, 15) is 23.2 Å². The maximum Gasteiger partial charge on any atom is 0.238 e. The second-order valence-corrected chi connectivity index (χ2v) is 8.91. The quantitative estimate of drug-likeness (QED) is 0.355. The van der Waals surface area contributed by atoms with Gasteiger partial charge < -0.3 is 9.52 Å². The van der Waals surface area contributed by atoms with Gasteiger partial charge in [-0.05, 0) is 48.5 Å². The molecule has 0 spiro atoms. The van der Waals surface area contributed by atoms with Gasteiger partial charge in [0, 0.05) is 22.8 Å². The number of nitriles is 1. The van der Waals surface area contributed by atoms with Gasteiger partial charge in [-0.3, -0.25) is 5.10 Å². The zero-order chi connectivity index (χ0) is 24.0. The number of sulfonamides is 1. The van der Waals surface area contributed by atoms with Crippen LogP contribution in [0.4, 0.5) is 4.39 Å². The minimum absolute atomic E-state index is 0.0254. The summed E-state index contributed by atoms with van der Waals surface area (Å²) in [6, 6.07) is 14.8. The number of nitrogens with one attached hydrogen (secondary N) is 1. The Morgan fingerprint density at radius 2 is 1.82 bits per heavy atom. The number of hydrogen-bond donors (Lipinski definition) is 3. The van der Waals surface area contributed by atoms with Gasteiger partial charge in [-0.15, -0.1) is 0 Å². The van der Waals surface area contributed by atoms with Crippen molar-refractivity contribution in [2.45, 2.75) is 4.90 Å². The van der Waals surface area contributed by atoms with Crippen molar-refractivity contribution in [2.75, 3.05) is 0 Å². The minimum Gasteiger partial charge on any atom is -0.508 e. The van der Waals surface area contributed by atoms with Crippen LogP contribution in [0.15, 0.2) is 70.1 Å². The number of aromatic nitrogens is 3. The number of H-pyrrole nitrogens is 1. The predicted molar refractivity (Wildman–Crippen MR) is 120 cm³/mol. The summed E-state index contributed by atoms with van der Waals surface area (Å²) in [5.74, 6) is -0.294. The average Bonchev–Trinajstić information content (AvgIpc) is 3.47. The Bertz CT molecular complexity index is 1720. The molecule has 3 aromatic heterocycles. The highest BCUT2D eigenvalue weighted by molar-refractivity contribution is 7.89. The van der Waals surface area contributed by atoms with E-state index in [2.05, 4.69) is 21.3 Å². The SMILES string of the molecule is N#Cc1c(-c2ccc(O)cc2F)nc2[nH]ncc2c1-c1ccc(-c2ccc(S(N)(=O)=O)cc2)o1. The number of phenols is 1. The van der Waals surface area contributed by atoms with Crippen LogP contribution in [0.2, 0.25) is 0 Å². The first-order valence-corrected chi connectivity index (χ1v) is 11.3. The number of aromatic hydroxyl groups is 1. The van der Waals surface area contributed by atoms with Gasteiger partial charge in [0.05, 0.1) is 27.7 Å². The number of nitrogens with zero attached hydrogens (tertiary/aromatic N) is 3. The Hall–Kier alpha value is -4.53. The third-order valence-electron chi connectivity index (χ3n) is 5.24. The lowest BCUT2D eigenvalue weighted by atomic mass is 9.97. The van der Waals surface area contributed by atoms with Gasteiger partial charge in [0.1, 0.15) is 29.2 Å². The molecule has 0 atom stereocenters. The van der Waals surface area contributed by atoms with Gasteiger partial charge in [0.25, 0.3) is 0 Å². The van der Waals surface area contributed by atoms with Gasteiger partial charge >= 0.3 is 0 Å². The Balaban J connectivity index is 1.69. The normalized spacial score (nSPS) is 11.6. The largest absolute Gasteiger partial charge is 0.508 e. The molecule has 0 aliphatic rings. The molecule has 0 bridgehead atoms. The number of fused-ring (bicyclic) bond motifs is 1. The third-order valence-corrected chi connectivity index (χ3v) is 6.17. The van der Waals surface area contributed by atoms with Crippen LogP contribution < -0.4 is 5.14 Å². The summed E-state index contributed by atoms with van der Waals surface area (Å²) in [5, 5.41) is 31.9. The molecule has 2 aromatic carbocycles. The highest BCUT2D eigenvalue weighted by Gasteiger charge is 2.23. The van der Waals surface area contributed by atoms with Crippen molar-refractivity contribution in [1.82, 2.24) is 15.2 Å². The first-order valence-electron chi connectivity index (χ1n) is 9.76. The minimum atomic E-state index is -3.83. The van der Waals surface area contributed by atoms with Crippen molar-refractivity contribution < 1.29 is 22.3 Å². The van der Waals surface area contributed by atoms with Crippen molar-refractivity contribution in [2.24, 2.45) is 5.14 Å². The third kappa shape index (κ3) is 3.57. The summed E-state index contributed by atoms with van der Waals surface area (Å²) >= 11 is 0. The number of aromatic amines is 1. The van der Waals surface area contributed by atoms with Crippen molar-refractivity contribution in [1.29, 1.82) is 5.26 Å². The van der Waals surface area contributed by atoms with E-state index in [0.29, 0.717) is 33.7 Å². The highest BCUT2D eigenvalue weighted by Crippen LogP contribution is 2.39. The van der Waals surface area contributed by atoms with Crippen LogP contribution in [0.3, 0.4) is 0 Å². The van der Waals surface area contributed by atoms with E-state index in [0.717, 1.165) is 6.07 Å². The van der Waals surface area contributed by atoms with Crippen LogP contribution >= 0.6 is 0 Å². The first-order chi connectivity index (χ1) is 16.3. The summed E-state index contributed by atoms with van der Waals surface area (Å²) in [5.41, 5.74) is 1.39. The molecule has 0 amide bonds. The summed E-state index contributed by atoms with van der Waals surface area (Å²) < 4.78 is 43.6. The highest BCUT2D eigenvalue weighted by atomic mass is 32.2. The molecule has 3 heterocycles. The lowest BCUT2D eigenvalue weighted by molar-refractivity contribution is 0.469. The number of phenolic OH excluding ortho intramolecular Hbond substituents is 1. The number of halogens is 1. The predicted octanol–water partition coefficient (Wildman–Crippen LogP) is 3.92. The van der Waals surface area contributed by atoms with E-state index in [1.54, 1.807) is 24.3 Å². The molecule has 0 aliphatic heterocycles. The van der Waals surface area contributed by atoms with Gasteiger partial charge in [0.15, 0.2) is 5.65 Å². The fraction of sp³-hybridized carbons (Fsp3) is 0. The van der Waals surface area contributed by atoms with Gasteiger partial charge in [-0.2, -0.15) is 10.4 Å². The lowest BCUT2D eigenvalue weighted by Crippen LogP contribution is -2.11. The van der Waals surface area contributed by atoms with Crippen LogP contribution in [-0.4, -0.2) is 28.7 Å². The van der Waals surface area contributed by atoms with Crippen LogP contribution in [0.5, 0.6) is 5.75 Å². The lowest BCUT2D eigenvalue weighted by Gasteiger charge is -2.10. The van der Waals surface area contributed by atoms with Crippen LogP contribution in [0.25, 0.3) is 44.9 Å². The van der Waals surface area contributed by atoms with Crippen LogP contribution in [-0.2, 0) is 10.0 Å². The Labute approximate surface area is 192 Å². The second kappa shape index (κ2) is 7.80. The molecular formula is C23H14FN5O4S. The molecule has 0 unspecified atom stereocenters. The smallest absolute Gasteiger partial charge is 0.238 e. The van der Waals surface area contributed by atoms with E-state index in [1.807, 2.05) is 0 Å². The molecule has 11 heteroatoms. The van der Waals surface area contributed by atoms with Crippen molar-refractivity contribution in [3.05, 3.63) is 72.2 Å². The number of benzene rings is 2. The molecule has 0 saturated heterocycles. The van der Waals surface area contributed by atoms with Crippen molar-refractivity contribution in [3.63, 3.8) is 0 Å². The Morgan fingerprint density at radius 3 is 2.50 bits per heavy atom. The first kappa shape index (κ1) is 21.3. The zero-order valence-corrected chi connectivity index (χ0v) is 18.0. The molecular weight excluding hydrogens is 461 g/mol. The van der Waals surface area contributed by atoms with Gasteiger partial charge in [-0.1, -0.05) is 0 Å². The number of hydrogen-bond acceptors (Lipinski definition) is 7. The summed E-state index contributed by atoms with van der Waals surface area (Å²) in [6.07, 6.45) is 1.48. The number of furan rings is 1. The standard InChI is InChI=1S/C23H14FN5O4S/c24-18-9-13(30)3-6-15(18)22-16(10-25)21(17-11-27-29-23(17)28-22)20-8-7-19(33-20)12-1-4-14(5-2-12)34(26,31)32/h1-9,11,30H,(H2,26,31,32)(H,27,28,29). The monoisotopic (exact) mass is 475 g/mol. The molecule has 4 N–H and O–H groups in total. The summed E-state index contributed by atoms with van der Waals surface area (Å²) in [6.45, 7) is 0. The second-order valence-electron chi connectivity index (χ2n) is 7.35. The van der Waals surface area contributed by atoms with E-state index >= 15 is 0 Å². The number of pyridine rings is 1. The van der Waals surface area contributed by atoms with Crippen LogP contribution in [0, 0.1) is 17.1 Å². The summed E-state index contributed by atoms with van der Waals surface area (Å²) in [7, 11) is -3.83. The molecule has 0 aliphatic carbocycles. The summed E-state index contributed by atoms with van der Waals surface area (Å²) in [4.78, 5) is 4.34. The molecule has 0 fully saturated rings. The van der Waals surface area contributed by atoms with E-state index in [-0.39, 0.29) is 27.5 Å². The number of nitrogens with two attached hydrogens (primary N) is 1. The van der Waals surface area contributed by atoms with E-state index in [1.165, 1.54) is 30.5 Å². The van der Waals surface area contributed by atoms with Gasteiger partial charge in [0.2, 0.25) is 10.0 Å². The molecule has 5 rings (SSSR count). The molecule has 5 aromatic rings. The van der Waals surface area contributed by atoms with Crippen molar-refractivity contribution >= 4 is 21.1 Å². The zero-order valence-electron chi connectivity index (χ0n) is 17.2. The van der Waals surface area contributed by atoms with E-state index in [4.69, 9.17) is 9.56 Å². The maximum absolute atomic E-state index is 14.6. The fourth-order valence-corrected chi connectivity index (χ4v) is 4.18. The van der Waals surface area contributed by atoms with Crippen molar-refractivity contribution in [3.8, 4) is 45.7 Å². The molecule has 0 radical (unpaired) electrons. The number of rotatable bonds is 4. The molecule has 0 saturated carbocycles. The number of primary sulfonamides is 1. The Morgan fingerprint density at radius 1 is 1.09 bits per heavy atom. The van der Waals surface area contributed by atoms with Crippen LogP contribution in [0.1, 0.15) is 5.56 Å². The topological polar surface area (TPSA) is 159 Å². The maximum atomic E-state index is 14.6. The molecule has 34 heavy (non-hydrogen) atoms. The average molecular weight is 475 g/mol. The molecule has 168 valence electrons. The Kier molecular flexibility index (Phi) is 4.89.